The second-order valence-electron chi connectivity index (χ2n) is 7.90. The Morgan fingerprint density at radius 1 is 1.03 bits per heavy atom. The summed E-state index contributed by atoms with van der Waals surface area (Å²) >= 11 is 1.22. The highest BCUT2D eigenvalue weighted by atomic mass is 32.2. The number of para-hydroxylation sites is 2. The number of carbonyl (C=O) groups is 1. The Morgan fingerprint density at radius 2 is 1.77 bits per heavy atom. The van der Waals surface area contributed by atoms with Gasteiger partial charge < -0.3 is 10.1 Å². The molecule has 0 aliphatic rings. The van der Waals surface area contributed by atoms with Crippen molar-refractivity contribution < 1.29 is 18.3 Å². The van der Waals surface area contributed by atoms with E-state index in [-0.39, 0.29) is 23.1 Å². The molecule has 6 nitrogen and oxygen atoms in total. The molecular formula is C26H24F2N4O2S. The van der Waals surface area contributed by atoms with Crippen molar-refractivity contribution in [2.24, 2.45) is 0 Å². The SMILES string of the molecule is Cc1ccc(-n2c(Cc3ccccc3)nnc2SCC(=O)Nc2ccccc2OC(F)F)c(C)c1. The molecule has 0 spiro atoms. The summed E-state index contributed by atoms with van der Waals surface area (Å²) < 4.78 is 31.8. The van der Waals surface area contributed by atoms with Gasteiger partial charge in [-0.2, -0.15) is 8.78 Å². The van der Waals surface area contributed by atoms with Gasteiger partial charge in [-0.1, -0.05) is 71.9 Å². The van der Waals surface area contributed by atoms with Crippen molar-refractivity contribution in [3.8, 4) is 11.4 Å². The summed E-state index contributed by atoms with van der Waals surface area (Å²) in [6.45, 7) is 1.07. The number of nitrogens with zero attached hydrogens (tertiary/aromatic N) is 3. The fourth-order valence-electron chi connectivity index (χ4n) is 3.67. The number of hydrogen-bond acceptors (Lipinski definition) is 5. The lowest BCUT2D eigenvalue weighted by atomic mass is 10.1. The average Bonchev–Trinajstić information content (AvgIpc) is 3.21. The number of ether oxygens (including phenoxy) is 1. The van der Waals surface area contributed by atoms with E-state index < -0.39 is 6.61 Å². The number of amides is 1. The smallest absolute Gasteiger partial charge is 0.387 e. The number of thioether (sulfide) groups is 1. The van der Waals surface area contributed by atoms with Crippen LogP contribution in [0.15, 0.2) is 78.0 Å². The number of anilines is 1. The molecule has 1 heterocycles. The number of benzene rings is 3. The van der Waals surface area contributed by atoms with Crippen LogP contribution < -0.4 is 10.1 Å². The predicted molar refractivity (Wildman–Crippen MR) is 133 cm³/mol. The minimum atomic E-state index is -2.98. The van der Waals surface area contributed by atoms with Gasteiger partial charge in [0.15, 0.2) is 5.16 Å². The molecule has 0 saturated carbocycles. The zero-order valence-electron chi connectivity index (χ0n) is 19.2. The van der Waals surface area contributed by atoms with Crippen LogP contribution in [0.4, 0.5) is 14.5 Å². The maximum absolute atomic E-state index is 12.7. The molecule has 3 aromatic carbocycles. The minimum Gasteiger partial charge on any atom is -0.433 e. The number of aryl methyl sites for hydroxylation is 2. The number of aromatic nitrogens is 3. The van der Waals surface area contributed by atoms with Gasteiger partial charge >= 0.3 is 6.61 Å². The average molecular weight is 495 g/mol. The fourth-order valence-corrected chi connectivity index (χ4v) is 4.43. The Balaban J connectivity index is 1.56. The molecule has 0 saturated heterocycles. The van der Waals surface area contributed by atoms with E-state index in [1.807, 2.05) is 60.9 Å². The summed E-state index contributed by atoms with van der Waals surface area (Å²) in [7, 11) is 0. The van der Waals surface area contributed by atoms with E-state index in [2.05, 4.69) is 26.3 Å². The van der Waals surface area contributed by atoms with Crippen LogP contribution in [0.3, 0.4) is 0 Å². The first-order valence-electron chi connectivity index (χ1n) is 10.9. The summed E-state index contributed by atoms with van der Waals surface area (Å²) in [5, 5.41) is 12.0. The summed E-state index contributed by atoms with van der Waals surface area (Å²) in [5.41, 5.74) is 4.41. The highest BCUT2D eigenvalue weighted by molar-refractivity contribution is 7.99. The van der Waals surface area contributed by atoms with Gasteiger partial charge in [-0.3, -0.25) is 9.36 Å². The molecule has 0 aliphatic heterocycles. The maximum Gasteiger partial charge on any atom is 0.387 e. The standard InChI is InChI=1S/C26H24F2N4O2S/c1-17-12-13-21(18(2)14-17)32-23(15-19-8-4-3-5-9-19)30-31-26(32)35-16-24(33)29-20-10-6-7-11-22(20)34-25(27)28/h3-14,25H,15-16H2,1-2H3,(H,29,33). The van der Waals surface area contributed by atoms with Gasteiger partial charge in [-0.05, 0) is 43.2 Å². The molecule has 180 valence electrons. The van der Waals surface area contributed by atoms with Crippen LogP contribution in [0.1, 0.15) is 22.5 Å². The fraction of sp³-hybridized carbons (Fsp3) is 0.192. The summed E-state index contributed by atoms with van der Waals surface area (Å²) in [5.74, 6) is 0.295. The Kier molecular flexibility index (Phi) is 7.77. The number of nitrogens with one attached hydrogen (secondary N) is 1. The summed E-state index contributed by atoms with van der Waals surface area (Å²) in [6, 6.07) is 22.2. The number of alkyl halides is 2. The van der Waals surface area contributed by atoms with Gasteiger partial charge in [0.25, 0.3) is 0 Å². The third-order valence-electron chi connectivity index (χ3n) is 5.21. The second kappa shape index (κ2) is 11.1. The molecule has 4 aromatic rings. The van der Waals surface area contributed by atoms with E-state index in [9.17, 15) is 13.6 Å². The third kappa shape index (κ3) is 6.24. The molecule has 35 heavy (non-hydrogen) atoms. The highest BCUT2D eigenvalue weighted by Gasteiger charge is 2.18. The topological polar surface area (TPSA) is 69.0 Å². The third-order valence-corrected chi connectivity index (χ3v) is 6.14. The van der Waals surface area contributed by atoms with Crippen molar-refractivity contribution in [2.75, 3.05) is 11.1 Å². The number of halogens is 2. The first kappa shape index (κ1) is 24.4. The van der Waals surface area contributed by atoms with Crippen molar-refractivity contribution in [1.82, 2.24) is 14.8 Å². The Labute approximate surface area is 206 Å². The van der Waals surface area contributed by atoms with Crippen molar-refractivity contribution in [3.63, 3.8) is 0 Å². The first-order valence-corrected chi connectivity index (χ1v) is 11.9. The van der Waals surface area contributed by atoms with E-state index in [1.54, 1.807) is 12.1 Å². The van der Waals surface area contributed by atoms with Crippen molar-refractivity contribution >= 4 is 23.4 Å². The molecule has 1 aromatic heterocycles. The van der Waals surface area contributed by atoms with Crippen LogP contribution in [-0.2, 0) is 11.2 Å². The molecule has 0 aliphatic carbocycles. The molecule has 1 amide bonds. The number of rotatable bonds is 9. The Morgan fingerprint density at radius 3 is 2.51 bits per heavy atom. The van der Waals surface area contributed by atoms with Crippen LogP contribution in [0, 0.1) is 13.8 Å². The van der Waals surface area contributed by atoms with E-state index in [1.165, 1.54) is 23.9 Å². The predicted octanol–water partition coefficient (Wildman–Crippen LogP) is 5.81. The molecule has 4 rings (SSSR count). The molecule has 0 fully saturated rings. The molecule has 0 radical (unpaired) electrons. The van der Waals surface area contributed by atoms with Crippen LogP contribution in [0.5, 0.6) is 5.75 Å². The number of hydrogen-bond donors (Lipinski definition) is 1. The molecule has 0 unspecified atom stereocenters. The zero-order valence-corrected chi connectivity index (χ0v) is 20.1. The first-order chi connectivity index (χ1) is 16.9. The lowest BCUT2D eigenvalue weighted by Gasteiger charge is -2.14. The Bertz CT molecular complexity index is 1310. The second-order valence-corrected chi connectivity index (χ2v) is 8.84. The van der Waals surface area contributed by atoms with Crippen LogP contribution in [0.2, 0.25) is 0 Å². The van der Waals surface area contributed by atoms with E-state index in [0.29, 0.717) is 11.6 Å². The minimum absolute atomic E-state index is 0.0113. The van der Waals surface area contributed by atoms with Gasteiger partial charge in [0, 0.05) is 6.42 Å². The Hall–Kier alpha value is -3.72. The molecule has 9 heteroatoms. The van der Waals surface area contributed by atoms with Crippen LogP contribution in [-0.4, -0.2) is 33.0 Å². The normalized spacial score (nSPS) is 11.0. The van der Waals surface area contributed by atoms with Gasteiger partial charge in [-0.15, -0.1) is 10.2 Å². The van der Waals surface area contributed by atoms with Crippen LogP contribution in [0.25, 0.3) is 5.69 Å². The van der Waals surface area contributed by atoms with Crippen molar-refractivity contribution in [1.29, 1.82) is 0 Å². The quantitative estimate of drug-likeness (QED) is 0.298. The monoisotopic (exact) mass is 494 g/mol. The molecule has 0 bridgehead atoms. The van der Waals surface area contributed by atoms with E-state index in [4.69, 9.17) is 0 Å². The summed E-state index contributed by atoms with van der Waals surface area (Å²) in [6.07, 6.45) is 0.576. The van der Waals surface area contributed by atoms with Gasteiger partial charge in [0.2, 0.25) is 5.91 Å². The highest BCUT2D eigenvalue weighted by Crippen LogP contribution is 2.28. The van der Waals surface area contributed by atoms with Gasteiger partial charge in [0.05, 0.1) is 17.1 Å². The summed E-state index contributed by atoms with van der Waals surface area (Å²) in [4.78, 5) is 12.6. The van der Waals surface area contributed by atoms with E-state index >= 15 is 0 Å². The van der Waals surface area contributed by atoms with E-state index in [0.717, 1.165) is 28.2 Å². The van der Waals surface area contributed by atoms with Crippen molar-refractivity contribution in [2.45, 2.75) is 32.0 Å². The van der Waals surface area contributed by atoms with Gasteiger partial charge in [-0.25, -0.2) is 0 Å². The molecular weight excluding hydrogens is 470 g/mol. The zero-order chi connectivity index (χ0) is 24.8. The van der Waals surface area contributed by atoms with Crippen LogP contribution >= 0.6 is 11.8 Å². The maximum atomic E-state index is 12.7. The largest absolute Gasteiger partial charge is 0.433 e. The lowest BCUT2D eigenvalue weighted by molar-refractivity contribution is -0.113. The number of carbonyl (C=O) groups excluding carboxylic acids is 1. The lowest BCUT2D eigenvalue weighted by Crippen LogP contribution is -2.16. The molecule has 1 N–H and O–H groups in total. The van der Waals surface area contributed by atoms with Crippen molar-refractivity contribution in [3.05, 3.63) is 95.3 Å². The van der Waals surface area contributed by atoms with Gasteiger partial charge in [0.1, 0.15) is 11.6 Å². The molecule has 0 atom stereocenters.